The van der Waals surface area contributed by atoms with Crippen molar-refractivity contribution in [3.63, 3.8) is 0 Å². The van der Waals surface area contributed by atoms with E-state index in [0.717, 1.165) is 32.1 Å². The predicted molar refractivity (Wildman–Crippen MR) is 115 cm³/mol. The van der Waals surface area contributed by atoms with Gasteiger partial charge in [-0.05, 0) is 43.4 Å². The summed E-state index contributed by atoms with van der Waals surface area (Å²) in [6.45, 7) is 0.755. The van der Waals surface area contributed by atoms with E-state index in [0.29, 0.717) is 23.0 Å². The van der Waals surface area contributed by atoms with Crippen LogP contribution in [-0.2, 0) is 19.2 Å². The van der Waals surface area contributed by atoms with Gasteiger partial charge in [0.1, 0.15) is 5.82 Å². The highest BCUT2D eigenvalue weighted by Gasteiger charge is 2.16. The molecule has 0 spiro atoms. The van der Waals surface area contributed by atoms with E-state index in [1.165, 1.54) is 25.3 Å². The maximum Gasteiger partial charge on any atom is 0.267 e. The zero-order chi connectivity index (χ0) is 21.2. The topological polar surface area (TPSA) is 102 Å². The Kier molecular flexibility index (Phi) is 8.92. The molecule has 1 aliphatic heterocycles. The fourth-order valence-corrected chi connectivity index (χ4v) is 3.74. The molecule has 164 valence electrons. The van der Waals surface area contributed by atoms with E-state index < -0.39 is 12.2 Å². The summed E-state index contributed by atoms with van der Waals surface area (Å²) in [6, 6.07) is 1.94. The third-order valence-corrected chi connectivity index (χ3v) is 5.39. The molecule has 30 heavy (non-hydrogen) atoms. The number of nitrogens with one attached hydrogen (secondary N) is 3. The molecule has 0 aromatic carbocycles. The Morgan fingerprint density at radius 1 is 1.20 bits per heavy atom. The monoisotopic (exact) mass is 436 g/mol. The second kappa shape index (κ2) is 11.9. The van der Waals surface area contributed by atoms with Crippen LogP contribution in [0.15, 0.2) is 18.3 Å². The van der Waals surface area contributed by atoms with Gasteiger partial charge < -0.3 is 15.4 Å². The molecule has 2 fully saturated rings. The Morgan fingerprint density at radius 2 is 2.00 bits per heavy atom. The second-order valence-electron chi connectivity index (χ2n) is 7.57. The number of ether oxygens (including phenoxy) is 1. The minimum atomic E-state index is -0.401. The number of carbonyl (C=O) groups is 2. The quantitative estimate of drug-likeness (QED) is 0.427. The highest BCUT2D eigenvalue weighted by atomic mass is 35.5. The number of pyridine rings is 1. The van der Waals surface area contributed by atoms with Gasteiger partial charge in [0, 0.05) is 31.3 Å². The van der Waals surface area contributed by atoms with Crippen LogP contribution in [0.25, 0.3) is 6.08 Å². The number of carbonyl (C=O) groups excluding carboxylic acids is 2. The summed E-state index contributed by atoms with van der Waals surface area (Å²) in [5.41, 5.74) is 3.01. The molecule has 8 nitrogen and oxygen atoms in total. The van der Waals surface area contributed by atoms with Crippen molar-refractivity contribution in [2.24, 2.45) is 0 Å². The van der Waals surface area contributed by atoms with Gasteiger partial charge in [-0.25, -0.2) is 15.3 Å². The lowest BCUT2D eigenvalue weighted by atomic mass is 9.95. The molecule has 1 aliphatic carbocycles. The lowest BCUT2D eigenvalue weighted by molar-refractivity contribution is -0.198. The van der Waals surface area contributed by atoms with Crippen LogP contribution in [-0.4, -0.2) is 42.3 Å². The molecule has 0 radical (unpaired) electrons. The van der Waals surface area contributed by atoms with Gasteiger partial charge in [-0.15, -0.1) is 0 Å². The van der Waals surface area contributed by atoms with Gasteiger partial charge in [0.25, 0.3) is 5.91 Å². The Hall–Kier alpha value is -2.16. The highest BCUT2D eigenvalue weighted by molar-refractivity contribution is 6.33. The largest absolute Gasteiger partial charge is 0.360 e. The van der Waals surface area contributed by atoms with Gasteiger partial charge in [-0.2, -0.15) is 0 Å². The molecule has 2 amide bonds. The highest BCUT2D eigenvalue weighted by Crippen LogP contribution is 2.21. The van der Waals surface area contributed by atoms with E-state index >= 15 is 0 Å². The fourth-order valence-electron chi connectivity index (χ4n) is 3.50. The second-order valence-corrected chi connectivity index (χ2v) is 7.98. The Labute approximate surface area is 181 Å². The third kappa shape index (κ3) is 7.59. The van der Waals surface area contributed by atoms with Crippen LogP contribution < -0.4 is 16.1 Å². The molecule has 0 bridgehead atoms. The van der Waals surface area contributed by atoms with E-state index in [-0.39, 0.29) is 18.5 Å². The van der Waals surface area contributed by atoms with Crippen LogP contribution in [0.2, 0.25) is 5.02 Å². The third-order valence-electron chi connectivity index (χ3n) is 5.11. The van der Waals surface area contributed by atoms with E-state index in [4.69, 9.17) is 21.2 Å². The number of hydrogen-bond donors (Lipinski definition) is 3. The number of amides is 2. The van der Waals surface area contributed by atoms with E-state index in [9.17, 15) is 9.59 Å². The minimum Gasteiger partial charge on any atom is -0.360 e. The number of halogens is 1. The first-order valence-electron chi connectivity index (χ1n) is 10.5. The molecule has 1 unspecified atom stereocenters. The van der Waals surface area contributed by atoms with Crippen molar-refractivity contribution in [1.29, 1.82) is 0 Å². The molecule has 1 aromatic heterocycles. The summed E-state index contributed by atoms with van der Waals surface area (Å²) in [4.78, 5) is 33.4. The molecular weight excluding hydrogens is 408 g/mol. The fraction of sp³-hybridized carbons (Fsp3) is 0.571. The molecule has 1 saturated heterocycles. The predicted octanol–water partition coefficient (Wildman–Crippen LogP) is 3.18. The summed E-state index contributed by atoms with van der Waals surface area (Å²) >= 11 is 6.25. The molecule has 2 heterocycles. The van der Waals surface area contributed by atoms with Crippen LogP contribution in [0, 0.1) is 0 Å². The Bertz CT molecular complexity index is 747. The van der Waals surface area contributed by atoms with Gasteiger partial charge >= 0.3 is 0 Å². The lowest BCUT2D eigenvalue weighted by Gasteiger charge is -2.22. The zero-order valence-corrected chi connectivity index (χ0v) is 17.7. The lowest BCUT2D eigenvalue weighted by Crippen LogP contribution is -2.39. The van der Waals surface area contributed by atoms with Crippen molar-refractivity contribution < 1.29 is 19.2 Å². The van der Waals surface area contributed by atoms with Crippen LogP contribution in [0.1, 0.15) is 56.9 Å². The van der Waals surface area contributed by atoms with Crippen molar-refractivity contribution in [2.75, 3.05) is 18.5 Å². The summed E-state index contributed by atoms with van der Waals surface area (Å²) in [5, 5.41) is 6.37. The molecule has 1 atom stereocenters. The average Bonchev–Trinajstić information content (AvgIpc) is 2.77. The number of anilines is 1. The molecule has 2 aliphatic rings. The van der Waals surface area contributed by atoms with Crippen LogP contribution in [0.5, 0.6) is 0 Å². The van der Waals surface area contributed by atoms with E-state index in [1.807, 2.05) is 0 Å². The van der Waals surface area contributed by atoms with Gasteiger partial charge in [-0.3, -0.25) is 9.59 Å². The van der Waals surface area contributed by atoms with Crippen LogP contribution >= 0.6 is 11.6 Å². The Morgan fingerprint density at radius 3 is 2.73 bits per heavy atom. The Balaban J connectivity index is 1.41. The summed E-state index contributed by atoms with van der Waals surface area (Å²) in [5.74, 6) is -0.0425. The number of hydrogen-bond acceptors (Lipinski definition) is 6. The summed E-state index contributed by atoms with van der Waals surface area (Å²) in [7, 11) is 0. The molecule has 3 rings (SSSR count). The average molecular weight is 437 g/mol. The molecule has 3 N–H and O–H groups in total. The van der Waals surface area contributed by atoms with E-state index in [2.05, 4.69) is 21.1 Å². The minimum absolute atomic E-state index is 0.0673. The molecule has 9 heteroatoms. The molecule has 1 aromatic rings. The van der Waals surface area contributed by atoms with Crippen molar-refractivity contribution in [3.8, 4) is 0 Å². The first-order chi connectivity index (χ1) is 14.6. The smallest absolute Gasteiger partial charge is 0.267 e. The van der Waals surface area contributed by atoms with Crippen molar-refractivity contribution >= 4 is 35.3 Å². The first kappa shape index (κ1) is 22.5. The summed E-state index contributed by atoms with van der Waals surface area (Å²) in [6.07, 6.45) is 12.5. The van der Waals surface area contributed by atoms with Crippen molar-refractivity contribution in [3.05, 3.63) is 28.9 Å². The first-order valence-corrected chi connectivity index (χ1v) is 10.9. The maximum atomic E-state index is 12.1. The SMILES string of the molecule is O=C(/C=C/c1cnc(NCC(=O)NC2CCCCC2)c(Cl)c1)NOC1CCCCO1. The van der Waals surface area contributed by atoms with Crippen LogP contribution in [0.3, 0.4) is 0 Å². The van der Waals surface area contributed by atoms with Gasteiger partial charge in [-0.1, -0.05) is 30.9 Å². The number of nitrogens with zero attached hydrogens (tertiary/aromatic N) is 1. The summed E-state index contributed by atoms with van der Waals surface area (Å²) < 4.78 is 5.38. The van der Waals surface area contributed by atoms with E-state index in [1.54, 1.807) is 18.3 Å². The van der Waals surface area contributed by atoms with Gasteiger partial charge in [0.2, 0.25) is 5.91 Å². The number of aromatic nitrogens is 1. The molecular formula is C21H29ClN4O4. The normalized spacial score (nSPS) is 20.1. The van der Waals surface area contributed by atoms with Crippen molar-refractivity contribution in [1.82, 2.24) is 15.8 Å². The van der Waals surface area contributed by atoms with Gasteiger partial charge in [0.05, 0.1) is 11.6 Å². The van der Waals surface area contributed by atoms with Crippen LogP contribution in [0.4, 0.5) is 5.82 Å². The van der Waals surface area contributed by atoms with Crippen molar-refractivity contribution in [2.45, 2.75) is 63.7 Å². The standard InChI is InChI=1S/C21H29ClN4O4/c22-17-12-15(9-10-18(27)26-30-20-8-4-5-11-29-20)13-23-21(17)24-14-19(28)25-16-6-2-1-3-7-16/h9-10,12-13,16,20H,1-8,11,14H2,(H,23,24)(H,25,28)(H,26,27)/b10-9+. The maximum absolute atomic E-state index is 12.1. The van der Waals surface area contributed by atoms with Gasteiger partial charge in [0.15, 0.2) is 6.29 Å². The zero-order valence-electron chi connectivity index (χ0n) is 17.0. The number of hydroxylamine groups is 1. The molecule has 1 saturated carbocycles. The number of rotatable bonds is 8.